The van der Waals surface area contributed by atoms with Crippen molar-refractivity contribution in [2.24, 2.45) is 0 Å². The second-order valence-corrected chi connectivity index (χ2v) is 8.59. The van der Waals surface area contributed by atoms with E-state index in [-0.39, 0.29) is 22.6 Å². The van der Waals surface area contributed by atoms with E-state index in [1.165, 1.54) is 54.0 Å². The monoisotopic (exact) mass is 458 g/mol. The number of nitrogens with zero attached hydrogens (tertiary/aromatic N) is 1. The van der Waals surface area contributed by atoms with Gasteiger partial charge in [-0.1, -0.05) is 6.07 Å². The van der Waals surface area contributed by atoms with Crippen LogP contribution in [0, 0.1) is 11.6 Å². The molecule has 8 nitrogen and oxygen atoms in total. The van der Waals surface area contributed by atoms with Crippen LogP contribution >= 0.6 is 0 Å². The van der Waals surface area contributed by atoms with E-state index in [0.717, 1.165) is 12.1 Å². The summed E-state index contributed by atoms with van der Waals surface area (Å²) in [4.78, 5) is 18.7. The van der Waals surface area contributed by atoms with Gasteiger partial charge in [-0.05, 0) is 60.2 Å². The summed E-state index contributed by atoms with van der Waals surface area (Å²) in [5.41, 5.74) is 3.36. The molecule has 0 aliphatic rings. The number of nitrogens with one attached hydrogen (secondary N) is 3. The molecule has 0 saturated heterocycles. The van der Waals surface area contributed by atoms with Crippen LogP contribution in [0.2, 0.25) is 0 Å². The van der Waals surface area contributed by atoms with Crippen molar-refractivity contribution in [2.75, 3.05) is 4.72 Å². The summed E-state index contributed by atoms with van der Waals surface area (Å²) in [6.07, 6.45) is 0.208. The highest BCUT2D eigenvalue weighted by Gasteiger charge is 2.17. The number of aromatic amines is 1. The predicted molar refractivity (Wildman–Crippen MR) is 112 cm³/mol. The largest absolute Gasteiger partial charge is 0.342 e. The summed E-state index contributed by atoms with van der Waals surface area (Å²) in [6, 6.07) is 13.4. The van der Waals surface area contributed by atoms with E-state index in [2.05, 4.69) is 14.7 Å². The van der Waals surface area contributed by atoms with Crippen molar-refractivity contribution in [3.63, 3.8) is 0 Å². The minimum atomic E-state index is -3.94. The third kappa shape index (κ3) is 4.43. The van der Waals surface area contributed by atoms with Gasteiger partial charge in [0.15, 0.2) is 11.6 Å². The summed E-state index contributed by atoms with van der Waals surface area (Å²) in [5, 5.41) is 8.64. The molecular weight excluding hydrogens is 442 g/mol. The van der Waals surface area contributed by atoms with Gasteiger partial charge in [-0.15, -0.1) is 0 Å². The number of amides is 1. The summed E-state index contributed by atoms with van der Waals surface area (Å²) in [5.74, 6) is -2.15. The lowest BCUT2D eigenvalue weighted by Gasteiger charge is -2.08. The van der Waals surface area contributed by atoms with Crippen LogP contribution in [0.1, 0.15) is 21.7 Å². The van der Waals surface area contributed by atoms with Crippen molar-refractivity contribution < 1.29 is 27.2 Å². The van der Waals surface area contributed by atoms with Gasteiger partial charge >= 0.3 is 0 Å². The molecule has 0 radical (unpaired) electrons. The minimum Gasteiger partial charge on any atom is -0.342 e. The molecule has 1 amide bonds. The molecule has 4 rings (SSSR count). The van der Waals surface area contributed by atoms with Crippen molar-refractivity contribution in [1.29, 1.82) is 0 Å². The zero-order valence-electron chi connectivity index (χ0n) is 16.3. The summed E-state index contributed by atoms with van der Waals surface area (Å²) >= 11 is 0. The fraction of sp³-hybridized carbons (Fsp3) is 0.0476. The van der Waals surface area contributed by atoms with Crippen LogP contribution in [-0.4, -0.2) is 29.5 Å². The lowest BCUT2D eigenvalue weighted by molar-refractivity contribution is 0.0706. The molecule has 164 valence electrons. The number of benzene rings is 3. The van der Waals surface area contributed by atoms with Gasteiger partial charge in [0.05, 0.1) is 15.9 Å². The zero-order chi connectivity index (χ0) is 22.9. The van der Waals surface area contributed by atoms with Gasteiger partial charge in [-0.3, -0.25) is 14.7 Å². The Morgan fingerprint density at radius 2 is 1.75 bits per heavy atom. The van der Waals surface area contributed by atoms with Crippen LogP contribution in [-0.2, 0) is 16.4 Å². The molecule has 0 spiro atoms. The third-order valence-corrected chi connectivity index (χ3v) is 6.05. The Morgan fingerprint density at radius 1 is 1.00 bits per heavy atom. The Bertz CT molecular complexity index is 1420. The quantitative estimate of drug-likeness (QED) is 0.261. The molecule has 0 bridgehead atoms. The summed E-state index contributed by atoms with van der Waals surface area (Å²) in [6.45, 7) is 0. The van der Waals surface area contributed by atoms with E-state index in [1.807, 2.05) is 0 Å². The van der Waals surface area contributed by atoms with Gasteiger partial charge in [0.1, 0.15) is 5.82 Å². The number of carbonyl (C=O) groups is 1. The molecule has 32 heavy (non-hydrogen) atoms. The maximum atomic E-state index is 13.4. The number of hydrogen-bond donors (Lipinski definition) is 4. The Balaban J connectivity index is 1.55. The Hall–Kier alpha value is -3.83. The average molecular weight is 458 g/mol. The molecule has 0 aliphatic carbocycles. The highest BCUT2D eigenvalue weighted by Crippen LogP contribution is 2.22. The van der Waals surface area contributed by atoms with E-state index >= 15 is 0 Å². The van der Waals surface area contributed by atoms with E-state index < -0.39 is 27.6 Å². The van der Waals surface area contributed by atoms with Crippen molar-refractivity contribution >= 4 is 32.7 Å². The third-order valence-electron chi connectivity index (χ3n) is 4.67. The zero-order valence-corrected chi connectivity index (χ0v) is 17.1. The molecule has 0 atom stereocenters. The van der Waals surface area contributed by atoms with E-state index in [9.17, 15) is 22.0 Å². The van der Waals surface area contributed by atoms with Crippen LogP contribution in [0.3, 0.4) is 0 Å². The molecule has 0 unspecified atom stereocenters. The number of imidazole rings is 1. The lowest BCUT2D eigenvalue weighted by Crippen LogP contribution is -2.18. The highest BCUT2D eigenvalue weighted by atomic mass is 32.2. The lowest BCUT2D eigenvalue weighted by atomic mass is 10.1. The number of hydrogen-bond acceptors (Lipinski definition) is 5. The molecule has 0 fully saturated rings. The number of halogens is 2. The Morgan fingerprint density at radius 3 is 2.44 bits per heavy atom. The predicted octanol–water partition coefficient (Wildman–Crippen LogP) is 3.35. The van der Waals surface area contributed by atoms with Crippen molar-refractivity contribution in [3.8, 4) is 0 Å². The molecule has 0 saturated carbocycles. The molecular formula is C21H16F2N4O4S. The molecule has 4 N–H and O–H groups in total. The first-order valence-electron chi connectivity index (χ1n) is 9.25. The number of rotatable bonds is 6. The van der Waals surface area contributed by atoms with Crippen LogP contribution < -0.4 is 10.2 Å². The van der Waals surface area contributed by atoms with Gasteiger partial charge in [0, 0.05) is 17.7 Å². The normalized spacial score (nSPS) is 11.5. The van der Waals surface area contributed by atoms with E-state index in [0.29, 0.717) is 22.4 Å². The standard InChI is InChI=1S/C21H16F2N4O4S/c22-16-7-1-12(9-17(16)23)10-20-24-18-8-6-15(11-19(18)25-20)32(30,31)27-14-4-2-13(3-5-14)21(28)26-29/h1-9,11,27,29H,10H2,(H,24,25)(H,26,28). The molecule has 11 heteroatoms. The molecule has 1 aromatic heterocycles. The van der Waals surface area contributed by atoms with Gasteiger partial charge in [-0.2, -0.15) is 0 Å². The second-order valence-electron chi connectivity index (χ2n) is 6.91. The van der Waals surface area contributed by atoms with Crippen LogP contribution in [0.5, 0.6) is 0 Å². The molecule has 1 heterocycles. The molecule has 3 aromatic carbocycles. The number of anilines is 1. The van der Waals surface area contributed by atoms with Gasteiger partial charge < -0.3 is 4.98 Å². The number of hydroxylamine groups is 1. The molecule has 4 aromatic rings. The summed E-state index contributed by atoms with van der Waals surface area (Å²) < 4.78 is 54.4. The van der Waals surface area contributed by atoms with E-state index in [4.69, 9.17) is 5.21 Å². The smallest absolute Gasteiger partial charge is 0.274 e. The topological polar surface area (TPSA) is 124 Å². The number of H-pyrrole nitrogens is 1. The SMILES string of the molecule is O=C(NO)c1ccc(NS(=O)(=O)c2ccc3nc(Cc4ccc(F)c(F)c4)[nH]c3c2)cc1. The van der Waals surface area contributed by atoms with Crippen molar-refractivity contribution in [1.82, 2.24) is 15.4 Å². The van der Waals surface area contributed by atoms with Crippen LogP contribution in [0.15, 0.2) is 65.6 Å². The van der Waals surface area contributed by atoms with Crippen LogP contribution in [0.4, 0.5) is 14.5 Å². The van der Waals surface area contributed by atoms with Gasteiger partial charge in [-0.25, -0.2) is 27.7 Å². The fourth-order valence-electron chi connectivity index (χ4n) is 3.10. The average Bonchev–Trinajstić information content (AvgIpc) is 3.17. The van der Waals surface area contributed by atoms with E-state index in [1.54, 1.807) is 0 Å². The van der Waals surface area contributed by atoms with Gasteiger partial charge in [0.2, 0.25) is 0 Å². The summed E-state index contributed by atoms with van der Waals surface area (Å²) in [7, 11) is -3.94. The van der Waals surface area contributed by atoms with Gasteiger partial charge in [0.25, 0.3) is 15.9 Å². The number of aromatic nitrogens is 2. The highest BCUT2D eigenvalue weighted by molar-refractivity contribution is 7.92. The Kier molecular flexibility index (Phi) is 5.59. The number of fused-ring (bicyclic) bond motifs is 1. The first kappa shape index (κ1) is 21.4. The molecule has 0 aliphatic heterocycles. The first-order chi connectivity index (χ1) is 15.2. The maximum Gasteiger partial charge on any atom is 0.274 e. The maximum absolute atomic E-state index is 13.4. The minimum absolute atomic E-state index is 0.0230. The number of sulfonamides is 1. The Labute approximate surface area is 180 Å². The fourth-order valence-corrected chi connectivity index (χ4v) is 4.19. The second kappa shape index (κ2) is 8.36. The van der Waals surface area contributed by atoms with Crippen LogP contribution in [0.25, 0.3) is 11.0 Å². The number of carbonyl (C=O) groups excluding carboxylic acids is 1. The first-order valence-corrected chi connectivity index (χ1v) is 10.7. The van der Waals surface area contributed by atoms with Crippen molar-refractivity contribution in [3.05, 3.63) is 89.2 Å². The van der Waals surface area contributed by atoms with Crippen molar-refractivity contribution in [2.45, 2.75) is 11.3 Å².